The van der Waals surface area contributed by atoms with Crippen LogP contribution in [0.2, 0.25) is 0 Å². The molecule has 31 heavy (non-hydrogen) atoms. The maximum absolute atomic E-state index is 12.3. The Labute approximate surface area is 182 Å². The van der Waals surface area contributed by atoms with Crippen LogP contribution in [0.1, 0.15) is 18.9 Å². The van der Waals surface area contributed by atoms with Gasteiger partial charge in [0.25, 0.3) is 0 Å². The number of amides is 2. The van der Waals surface area contributed by atoms with Gasteiger partial charge in [0.15, 0.2) is 0 Å². The molecule has 0 unspecified atom stereocenters. The van der Waals surface area contributed by atoms with Crippen LogP contribution < -0.4 is 20.7 Å². The third-order valence-corrected chi connectivity index (χ3v) is 4.48. The highest BCUT2D eigenvalue weighted by molar-refractivity contribution is 5.94. The number of aryl methyl sites for hydroxylation is 1. The van der Waals surface area contributed by atoms with Crippen LogP contribution in [0.5, 0.6) is 5.75 Å². The average Bonchev–Trinajstić information content (AvgIpc) is 2.76. The summed E-state index contributed by atoms with van der Waals surface area (Å²) in [6, 6.07) is 24.9. The van der Waals surface area contributed by atoms with Crippen molar-refractivity contribution in [3.05, 3.63) is 84.4 Å². The minimum absolute atomic E-state index is 0.103. The normalized spacial score (nSPS) is 10.2. The van der Waals surface area contributed by atoms with Gasteiger partial charge in [0, 0.05) is 30.1 Å². The molecule has 160 valence electrons. The molecule has 3 aromatic rings. The van der Waals surface area contributed by atoms with Crippen molar-refractivity contribution in [2.45, 2.75) is 19.8 Å². The fourth-order valence-corrected chi connectivity index (χ4v) is 3.07. The Morgan fingerprint density at radius 2 is 1.52 bits per heavy atom. The molecule has 0 heterocycles. The number of benzene rings is 3. The molecule has 0 saturated heterocycles. The molecule has 0 atom stereocenters. The molecule has 3 N–H and O–H groups in total. The Morgan fingerprint density at radius 1 is 0.806 bits per heavy atom. The summed E-state index contributed by atoms with van der Waals surface area (Å²) < 4.78 is 5.82. The van der Waals surface area contributed by atoms with Crippen molar-refractivity contribution in [1.82, 2.24) is 0 Å². The summed E-state index contributed by atoms with van der Waals surface area (Å²) in [6.07, 6.45) is 1.88. The van der Waals surface area contributed by atoms with Gasteiger partial charge in [-0.1, -0.05) is 42.5 Å². The molecule has 0 aliphatic rings. The van der Waals surface area contributed by atoms with Crippen LogP contribution in [0.4, 0.5) is 17.1 Å². The fourth-order valence-electron chi connectivity index (χ4n) is 3.07. The van der Waals surface area contributed by atoms with E-state index in [2.05, 4.69) is 28.1 Å². The van der Waals surface area contributed by atoms with Gasteiger partial charge < -0.3 is 20.7 Å². The number of ether oxygens (including phenoxy) is 1. The first-order chi connectivity index (χ1) is 15.1. The van der Waals surface area contributed by atoms with E-state index in [0.29, 0.717) is 18.0 Å². The summed E-state index contributed by atoms with van der Waals surface area (Å²) in [4.78, 5) is 23.5. The molecular weight excluding hydrogens is 390 g/mol. The lowest BCUT2D eigenvalue weighted by Gasteiger charge is -2.11. The van der Waals surface area contributed by atoms with Crippen molar-refractivity contribution in [2.75, 3.05) is 29.1 Å². The molecule has 0 aromatic heterocycles. The van der Waals surface area contributed by atoms with Gasteiger partial charge in [0.05, 0.1) is 13.2 Å². The minimum Gasteiger partial charge on any atom is -0.494 e. The van der Waals surface area contributed by atoms with Gasteiger partial charge in [-0.05, 0) is 48.7 Å². The number of nitrogens with one attached hydrogen (secondary N) is 3. The second-order valence-electron chi connectivity index (χ2n) is 7.13. The quantitative estimate of drug-likeness (QED) is 0.418. The lowest BCUT2D eigenvalue weighted by molar-refractivity contribution is -0.115. The zero-order chi connectivity index (χ0) is 21.9. The number of hydrogen-bond donors (Lipinski definition) is 3. The monoisotopic (exact) mass is 417 g/mol. The molecule has 6 heteroatoms. The molecule has 3 aromatic carbocycles. The molecule has 0 aliphatic heterocycles. The van der Waals surface area contributed by atoms with Gasteiger partial charge in [-0.3, -0.25) is 9.59 Å². The van der Waals surface area contributed by atoms with Crippen molar-refractivity contribution >= 4 is 28.9 Å². The van der Waals surface area contributed by atoms with E-state index in [1.54, 1.807) is 12.1 Å². The highest BCUT2D eigenvalue weighted by Crippen LogP contribution is 2.18. The third-order valence-electron chi connectivity index (χ3n) is 4.48. The van der Waals surface area contributed by atoms with Crippen molar-refractivity contribution in [3.8, 4) is 5.75 Å². The summed E-state index contributed by atoms with van der Waals surface area (Å²) in [5, 5.41) is 8.64. The first-order valence-corrected chi connectivity index (χ1v) is 10.3. The van der Waals surface area contributed by atoms with Crippen LogP contribution in [0.15, 0.2) is 78.9 Å². The van der Waals surface area contributed by atoms with Crippen molar-refractivity contribution in [3.63, 3.8) is 0 Å². The highest BCUT2D eigenvalue weighted by atomic mass is 16.5. The largest absolute Gasteiger partial charge is 0.494 e. The van der Waals surface area contributed by atoms with Crippen LogP contribution in [0.25, 0.3) is 0 Å². The Bertz CT molecular complexity index is 1010. The molecule has 0 saturated carbocycles. The molecular formula is C25H27N3O3. The van der Waals surface area contributed by atoms with Gasteiger partial charge in [-0.25, -0.2) is 0 Å². The van der Waals surface area contributed by atoms with E-state index < -0.39 is 0 Å². The van der Waals surface area contributed by atoms with Gasteiger partial charge in [-0.15, -0.1) is 0 Å². The van der Waals surface area contributed by atoms with Crippen LogP contribution in [0.3, 0.4) is 0 Å². The first-order valence-electron chi connectivity index (χ1n) is 10.3. The summed E-state index contributed by atoms with van der Waals surface area (Å²) in [5.74, 6) is 0.407. The topological polar surface area (TPSA) is 79.5 Å². The molecule has 0 spiro atoms. The molecule has 0 bridgehead atoms. The smallest absolute Gasteiger partial charge is 0.243 e. The van der Waals surface area contributed by atoms with E-state index in [9.17, 15) is 9.59 Å². The second-order valence-corrected chi connectivity index (χ2v) is 7.13. The number of hydrogen-bond acceptors (Lipinski definition) is 4. The first kappa shape index (κ1) is 21.9. The SMILES string of the molecule is CC(=O)Nc1cccc(NCC(=O)Nc2cccc(OCCCc3ccccc3)c2)c1. The molecule has 6 nitrogen and oxygen atoms in total. The maximum atomic E-state index is 12.3. The molecule has 2 amide bonds. The standard InChI is InChI=1S/C25H27N3O3/c1-19(29)27-22-12-5-11-21(16-22)26-18-25(30)28-23-13-6-14-24(17-23)31-15-7-10-20-8-3-2-4-9-20/h2-6,8-9,11-14,16-17,26H,7,10,15,18H2,1H3,(H,27,29)(H,28,30). The van der Waals surface area contributed by atoms with Gasteiger partial charge in [0.1, 0.15) is 5.75 Å². The van der Waals surface area contributed by atoms with Crippen LogP contribution in [0, 0.1) is 0 Å². The number of anilines is 3. The van der Waals surface area contributed by atoms with E-state index >= 15 is 0 Å². The summed E-state index contributed by atoms with van der Waals surface area (Å²) in [5.41, 5.74) is 3.40. The predicted octanol–water partition coefficient (Wildman–Crippen LogP) is 4.71. The Kier molecular flexibility index (Phi) is 8.05. The van der Waals surface area contributed by atoms with Crippen LogP contribution in [-0.4, -0.2) is 25.0 Å². The average molecular weight is 418 g/mol. The lowest BCUT2D eigenvalue weighted by Crippen LogP contribution is -2.21. The zero-order valence-corrected chi connectivity index (χ0v) is 17.6. The van der Waals surface area contributed by atoms with E-state index in [0.717, 1.165) is 24.3 Å². The summed E-state index contributed by atoms with van der Waals surface area (Å²) in [7, 11) is 0. The van der Waals surface area contributed by atoms with Crippen molar-refractivity contribution in [1.29, 1.82) is 0 Å². The molecule has 0 fully saturated rings. The van der Waals surface area contributed by atoms with Crippen molar-refractivity contribution < 1.29 is 14.3 Å². The number of carbonyl (C=O) groups excluding carboxylic acids is 2. The predicted molar refractivity (Wildman–Crippen MR) is 125 cm³/mol. The highest BCUT2D eigenvalue weighted by Gasteiger charge is 2.05. The van der Waals surface area contributed by atoms with Crippen LogP contribution in [-0.2, 0) is 16.0 Å². The number of carbonyl (C=O) groups is 2. The van der Waals surface area contributed by atoms with Gasteiger partial charge >= 0.3 is 0 Å². The summed E-state index contributed by atoms with van der Waals surface area (Å²) in [6.45, 7) is 2.17. The van der Waals surface area contributed by atoms with Gasteiger partial charge in [0.2, 0.25) is 11.8 Å². The Morgan fingerprint density at radius 3 is 2.29 bits per heavy atom. The van der Waals surface area contributed by atoms with Gasteiger partial charge in [-0.2, -0.15) is 0 Å². The van der Waals surface area contributed by atoms with Crippen molar-refractivity contribution in [2.24, 2.45) is 0 Å². The van der Waals surface area contributed by atoms with Crippen LogP contribution >= 0.6 is 0 Å². The minimum atomic E-state index is -0.175. The Balaban J connectivity index is 1.43. The Hall–Kier alpha value is -3.80. The fraction of sp³-hybridized carbons (Fsp3) is 0.200. The maximum Gasteiger partial charge on any atom is 0.243 e. The van der Waals surface area contributed by atoms with E-state index in [1.807, 2.05) is 54.6 Å². The van der Waals surface area contributed by atoms with E-state index in [4.69, 9.17) is 4.74 Å². The molecule has 0 aliphatic carbocycles. The van der Waals surface area contributed by atoms with E-state index in [-0.39, 0.29) is 18.4 Å². The number of rotatable bonds is 10. The zero-order valence-electron chi connectivity index (χ0n) is 17.6. The summed E-state index contributed by atoms with van der Waals surface area (Å²) >= 11 is 0. The molecule has 3 rings (SSSR count). The van der Waals surface area contributed by atoms with E-state index in [1.165, 1.54) is 12.5 Å². The lowest BCUT2D eigenvalue weighted by atomic mass is 10.1. The third kappa shape index (κ3) is 7.85. The molecule has 0 radical (unpaired) electrons. The second kappa shape index (κ2) is 11.4.